The molecule has 1 rings (SSSR count). The topological polar surface area (TPSA) is 37.3 Å². The van der Waals surface area contributed by atoms with Gasteiger partial charge in [0.05, 0.1) is 4.75 Å². The largest absolute Gasteiger partial charge is 0.306 e. The van der Waals surface area contributed by atoms with Crippen LogP contribution in [0.3, 0.4) is 0 Å². The maximum atomic E-state index is 11.0. The lowest BCUT2D eigenvalue weighted by Crippen LogP contribution is -2.29. The molecule has 0 aliphatic heterocycles. The molecule has 1 unspecified atom stereocenters. The van der Waals surface area contributed by atoms with Gasteiger partial charge in [0, 0.05) is 0 Å². The zero-order valence-corrected chi connectivity index (χ0v) is 9.40. The van der Waals surface area contributed by atoms with Gasteiger partial charge in [-0.2, -0.15) is 0 Å². The van der Waals surface area contributed by atoms with Crippen molar-refractivity contribution in [3.63, 3.8) is 0 Å². The van der Waals surface area contributed by atoms with E-state index in [1.807, 2.05) is 13.8 Å². The van der Waals surface area contributed by atoms with Crippen LogP contribution in [0.15, 0.2) is 0 Å². The molecule has 1 saturated carbocycles. The molecule has 1 aliphatic rings. The second kappa shape index (κ2) is 4.56. The Bertz CT molecular complexity index is 183. The van der Waals surface area contributed by atoms with Crippen LogP contribution in [0.5, 0.6) is 0 Å². The molecule has 0 amide bonds. The van der Waals surface area contributed by atoms with Crippen LogP contribution >= 0.6 is 0 Å². The molecule has 78 valence electrons. The molecule has 0 radical (unpaired) electrons. The summed E-state index contributed by atoms with van der Waals surface area (Å²) in [5, 5.41) is 0. The Morgan fingerprint density at radius 2 is 1.85 bits per heavy atom. The SMILES string of the molecule is CC(C)(CC1CCCCC1)S(=O)O. The minimum Gasteiger partial charge on any atom is -0.306 e. The highest BCUT2D eigenvalue weighted by Gasteiger charge is 2.29. The summed E-state index contributed by atoms with van der Waals surface area (Å²) in [4.78, 5) is 0. The Morgan fingerprint density at radius 3 is 2.31 bits per heavy atom. The lowest BCUT2D eigenvalue weighted by Gasteiger charge is -2.29. The molecular weight excluding hydrogens is 184 g/mol. The van der Waals surface area contributed by atoms with Gasteiger partial charge in [0.25, 0.3) is 0 Å². The summed E-state index contributed by atoms with van der Waals surface area (Å²) in [6.45, 7) is 3.77. The fraction of sp³-hybridized carbons (Fsp3) is 1.00. The van der Waals surface area contributed by atoms with Crippen LogP contribution in [-0.4, -0.2) is 13.5 Å². The van der Waals surface area contributed by atoms with E-state index in [1.54, 1.807) is 0 Å². The van der Waals surface area contributed by atoms with Crippen molar-refractivity contribution < 1.29 is 8.76 Å². The highest BCUT2D eigenvalue weighted by molar-refractivity contribution is 7.80. The van der Waals surface area contributed by atoms with Crippen LogP contribution in [0.2, 0.25) is 0 Å². The average molecular weight is 204 g/mol. The summed E-state index contributed by atoms with van der Waals surface area (Å²) in [7, 11) is 0. The van der Waals surface area contributed by atoms with E-state index in [-0.39, 0.29) is 0 Å². The standard InChI is InChI=1S/C10H20O2S/c1-10(2,13(11)12)8-9-6-4-3-5-7-9/h9H,3-8H2,1-2H3,(H,11,12). The Morgan fingerprint density at radius 1 is 1.31 bits per heavy atom. The van der Waals surface area contributed by atoms with Crippen LogP contribution in [0, 0.1) is 5.92 Å². The molecule has 2 nitrogen and oxygen atoms in total. The third kappa shape index (κ3) is 3.39. The summed E-state index contributed by atoms with van der Waals surface area (Å²) in [5.41, 5.74) is 0. The summed E-state index contributed by atoms with van der Waals surface area (Å²) >= 11 is -1.68. The van der Waals surface area contributed by atoms with E-state index in [4.69, 9.17) is 4.55 Å². The van der Waals surface area contributed by atoms with Crippen LogP contribution in [0.25, 0.3) is 0 Å². The summed E-state index contributed by atoms with van der Waals surface area (Å²) < 4.78 is 19.7. The van der Waals surface area contributed by atoms with Gasteiger partial charge in [-0.15, -0.1) is 0 Å². The lowest BCUT2D eigenvalue weighted by atomic mass is 9.83. The van der Waals surface area contributed by atoms with Crippen molar-refractivity contribution in [2.45, 2.75) is 57.1 Å². The van der Waals surface area contributed by atoms with Crippen molar-refractivity contribution in [3.8, 4) is 0 Å². The fourth-order valence-corrected chi connectivity index (χ4v) is 2.54. The average Bonchev–Trinajstić information content (AvgIpc) is 2.05. The summed E-state index contributed by atoms with van der Waals surface area (Å²) in [6, 6.07) is 0. The highest BCUT2D eigenvalue weighted by atomic mass is 32.2. The van der Waals surface area contributed by atoms with E-state index in [1.165, 1.54) is 32.1 Å². The van der Waals surface area contributed by atoms with Gasteiger partial charge in [-0.3, -0.25) is 0 Å². The van der Waals surface area contributed by atoms with Gasteiger partial charge >= 0.3 is 0 Å². The van der Waals surface area contributed by atoms with Gasteiger partial charge < -0.3 is 4.55 Å². The first-order chi connectivity index (χ1) is 6.02. The molecule has 0 aromatic rings. The molecule has 0 saturated heterocycles. The smallest absolute Gasteiger partial charge is 0.158 e. The van der Waals surface area contributed by atoms with E-state index < -0.39 is 15.8 Å². The molecule has 1 aliphatic carbocycles. The van der Waals surface area contributed by atoms with Gasteiger partial charge in [-0.1, -0.05) is 32.1 Å². The first kappa shape index (κ1) is 11.2. The molecule has 0 aromatic carbocycles. The monoisotopic (exact) mass is 204 g/mol. The molecule has 1 fully saturated rings. The maximum absolute atomic E-state index is 11.0. The van der Waals surface area contributed by atoms with Crippen molar-refractivity contribution in [2.75, 3.05) is 0 Å². The molecule has 0 heterocycles. The zero-order valence-electron chi connectivity index (χ0n) is 8.58. The fourth-order valence-electron chi connectivity index (χ4n) is 2.16. The van der Waals surface area contributed by atoms with Gasteiger partial charge in [0.1, 0.15) is 0 Å². The van der Waals surface area contributed by atoms with Crippen molar-refractivity contribution in [1.82, 2.24) is 0 Å². The number of hydrogen-bond donors (Lipinski definition) is 1. The third-order valence-corrected chi connectivity index (χ3v) is 4.09. The van der Waals surface area contributed by atoms with Crippen molar-refractivity contribution in [1.29, 1.82) is 0 Å². The van der Waals surface area contributed by atoms with Crippen LogP contribution in [-0.2, 0) is 11.1 Å². The molecule has 0 aromatic heterocycles. The summed E-state index contributed by atoms with van der Waals surface area (Å²) in [6.07, 6.45) is 7.36. The Hall–Kier alpha value is 0.110. The van der Waals surface area contributed by atoms with Crippen LogP contribution in [0.4, 0.5) is 0 Å². The van der Waals surface area contributed by atoms with E-state index in [0.717, 1.165) is 6.42 Å². The minimum atomic E-state index is -1.68. The number of rotatable bonds is 3. The second-order valence-electron chi connectivity index (χ2n) is 4.72. The zero-order chi connectivity index (χ0) is 9.90. The first-order valence-corrected chi connectivity index (χ1v) is 6.24. The Balaban J connectivity index is 2.41. The minimum absolute atomic E-state index is 0.415. The van der Waals surface area contributed by atoms with Crippen LogP contribution < -0.4 is 0 Å². The number of hydrogen-bond acceptors (Lipinski definition) is 1. The molecule has 3 heteroatoms. The van der Waals surface area contributed by atoms with Crippen molar-refractivity contribution in [3.05, 3.63) is 0 Å². The van der Waals surface area contributed by atoms with E-state index in [0.29, 0.717) is 5.92 Å². The molecule has 1 N–H and O–H groups in total. The van der Waals surface area contributed by atoms with E-state index >= 15 is 0 Å². The molecule has 13 heavy (non-hydrogen) atoms. The quantitative estimate of drug-likeness (QED) is 0.718. The first-order valence-electron chi connectivity index (χ1n) is 5.13. The van der Waals surface area contributed by atoms with Gasteiger partial charge in [0.2, 0.25) is 0 Å². The second-order valence-corrected chi connectivity index (χ2v) is 6.32. The van der Waals surface area contributed by atoms with Crippen molar-refractivity contribution in [2.24, 2.45) is 5.92 Å². The molecule has 0 bridgehead atoms. The maximum Gasteiger partial charge on any atom is 0.158 e. The third-order valence-electron chi connectivity index (χ3n) is 2.98. The van der Waals surface area contributed by atoms with Gasteiger partial charge in [0.15, 0.2) is 11.1 Å². The van der Waals surface area contributed by atoms with E-state index in [2.05, 4.69) is 0 Å². The summed E-state index contributed by atoms with van der Waals surface area (Å²) in [5.74, 6) is 0.680. The van der Waals surface area contributed by atoms with Gasteiger partial charge in [-0.25, -0.2) is 4.21 Å². The van der Waals surface area contributed by atoms with E-state index in [9.17, 15) is 4.21 Å². The lowest BCUT2D eigenvalue weighted by molar-refractivity contribution is 0.309. The predicted octanol–water partition coefficient (Wildman–Crippen LogP) is 2.96. The van der Waals surface area contributed by atoms with Crippen molar-refractivity contribution >= 4 is 11.1 Å². The van der Waals surface area contributed by atoms with Gasteiger partial charge in [-0.05, 0) is 26.2 Å². The normalized spacial score (nSPS) is 23.0. The predicted molar refractivity (Wildman–Crippen MR) is 56.0 cm³/mol. The highest BCUT2D eigenvalue weighted by Crippen LogP contribution is 2.32. The molecular formula is C10H20O2S. The Labute approximate surface area is 83.4 Å². The molecule has 0 spiro atoms. The molecule has 1 atom stereocenters. The Kier molecular flexibility index (Phi) is 3.92. The van der Waals surface area contributed by atoms with Crippen LogP contribution in [0.1, 0.15) is 52.4 Å².